The minimum Gasteiger partial charge on any atom is -0.337 e. The van der Waals surface area contributed by atoms with Crippen LogP contribution < -0.4 is 10.6 Å². The molecule has 0 saturated heterocycles. The van der Waals surface area contributed by atoms with Gasteiger partial charge >= 0.3 is 0 Å². The normalized spacial score (nSPS) is 23.8. The van der Waals surface area contributed by atoms with Gasteiger partial charge in [0.05, 0.1) is 34.6 Å². The number of allylic oxidation sites excluding steroid dienone is 1. The molecule has 0 radical (unpaired) electrons. The summed E-state index contributed by atoms with van der Waals surface area (Å²) in [5, 5.41) is 34.0. The van der Waals surface area contributed by atoms with Gasteiger partial charge in [-0.2, -0.15) is 15.8 Å². The lowest BCUT2D eigenvalue weighted by atomic mass is 9.72. The first-order valence-electron chi connectivity index (χ1n) is 9.00. The van der Waals surface area contributed by atoms with E-state index in [0.29, 0.717) is 17.9 Å². The van der Waals surface area contributed by atoms with Gasteiger partial charge in [-0.05, 0) is 12.8 Å². The molecule has 0 aromatic carbocycles. The third-order valence-corrected chi connectivity index (χ3v) is 6.23. The summed E-state index contributed by atoms with van der Waals surface area (Å²) in [5.74, 6) is -1.75. The number of nitrogens with zero attached hydrogens (tertiary/aromatic N) is 3. The van der Waals surface area contributed by atoms with Crippen LogP contribution in [0, 0.1) is 45.3 Å². The number of carbonyl (C=O) groups is 2. The van der Waals surface area contributed by atoms with Crippen LogP contribution in [0.15, 0.2) is 10.6 Å². The Morgan fingerprint density at radius 1 is 1.22 bits per heavy atom. The fraction of sp³-hybridized carbons (Fsp3) is 0.632. The van der Waals surface area contributed by atoms with Crippen molar-refractivity contribution in [1.29, 1.82) is 15.8 Å². The first kappa shape index (κ1) is 20.8. The second-order valence-electron chi connectivity index (χ2n) is 7.53. The van der Waals surface area contributed by atoms with Crippen LogP contribution in [0.5, 0.6) is 0 Å². The summed E-state index contributed by atoms with van der Waals surface area (Å²) in [6, 6.07) is 6.28. The van der Waals surface area contributed by atoms with Gasteiger partial charge in [0.15, 0.2) is 0 Å². The van der Waals surface area contributed by atoms with Gasteiger partial charge in [0.1, 0.15) is 11.5 Å². The van der Waals surface area contributed by atoms with Crippen molar-refractivity contribution in [2.45, 2.75) is 57.9 Å². The van der Waals surface area contributed by atoms with E-state index in [1.54, 1.807) is 13.8 Å². The molecule has 0 unspecified atom stereocenters. The van der Waals surface area contributed by atoms with E-state index in [4.69, 9.17) is 0 Å². The fourth-order valence-corrected chi connectivity index (χ4v) is 4.55. The summed E-state index contributed by atoms with van der Waals surface area (Å²) >= 11 is 1.05. The molecule has 1 fully saturated rings. The number of rotatable bonds is 4. The van der Waals surface area contributed by atoms with Gasteiger partial charge in [0.25, 0.3) is 0 Å². The molecule has 0 aromatic rings. The van der Waals surface area contributed by atoms with Crippen molar-refractivity contribution in [3.63, 3.8) is 0 Å². The first-order valence-corrected chi connectivity index (χ1v) is 9.98. The summed E-state index contributed by atoms with van der Waals surface area (Å²) in [6.07, 6.45) is 5.22. The van der Waals surface area contributed by atoms with Gasteiger partial charge < -0.3 is 10.6 Å². The third-order valence-electron chi connectivity index (χ3n) is 5.23. The van der Waals surface area contributed by atoms with Crippen LogP contribution >= 0.6 is 11.8 Å². The van der Waals surface area contributed by atoms with Crippen molar-refractivity contribution in [3.05, 3.63) is 10.6 Å². The van der Waals surface area contributed by atoms with Crippen molar-refractivity contribution in [2.75, 3.05) is 5.75 Å². The second-order valence-corrected chi connectivity index (χ2v) is 8.52. The smallest absolute Gasteiger partial charge is 0.243 e. The van der Waals surface area contributed by atoms with Gasteiger partial charge in [-0.3, -0.25) is 9.59 Å². The van der Waals surface area contributed by atoms with Crippen LogP contribution in [0.4, 0.5) is 0 Å². The van der Waals surface area contributed by atoms with E-state index in [-0.39, 0.29) is 17.2 Å². The maximum atomic E-state index is 12.4. The first-order chi connectivity index (χ1) is 12.8. The average Bonchev–Trinajstić information content (AvgIpc) is 2.85. The van der Waals surface area contributed by atoms with Crippen molar-refractivity contribution in [1.82, 2.24) is 10.6 Å². The summed E-state index contributed by atoms with van der Waals surface area (Å²) in [5.41, 5.74) is -1.47. The Morgan fingerprint density at radius 2 is 1.85 bits per heavy atom. The van der Waals surface area contributed by atoms with Gasteiger partial charge in [0, 0.05) is 5.41 Å². The highest BCUT2D eigenvalue weighted by atomic mass is 32.2. The molecule has 2 aliphatic rings. The molecule has 0 spiro atoms. The Balaban J connectivity index is 2.10. The highest BCUT2D eigenvalue weighted by molar-refractivity contribution is 8.03. The number of nitrogens with one attached hydrogen (secondary N) is 2. The lowest BCUT2D eigenvalue weighted by Gasteiger charge is -2.34. The molecule has 8 heteroatoms. The zero-order valence-electron chi connectivity index (χ0n) is 15.6. The highest BCUT2D eigenvalue weighted by Crippen LogP contribution is 2.41. The van der Waals surface area contributed by atoms with Crippen molar-refractivity contribution in [3.8, 4) is 18.2 Å². The lowest BCUT2D eigenvalue weighted by molar-refractivity contribution is -0.125. The van der Waals surface area contributed by atoms with E-state index in [1.165, 1.54) is 0 Å². The molecule has 1 aliphatic carbocycles. The minimum absolute atomic E-state index is 0.0163. The molecule has 0 bridgehead atoms. The average molecular weight is 385 g/mol. The molecule has 2 N–H and O–H groups in total. The molecule has 2 rings (SSSR count). The standard InChI is InChI=1S/C19H23N5O2S/c1-18(2)13(9-20)16(26)23-17(14(18)10-21)27-11-15(25)24-19(12-22)7-5-3-4-6-8-19/h13H,3-8,11H2,1-2H3,(H,23,26)(H,24,25)/t13-/m1/s1. The number of carbonyl (C=O) groups excluding carboxylic acids is 2. The fourth-order valence-electron chi connectivity index (χ4n) is 3.57. The molecular formula is C19H23N5O2S. The highest BCUT2D eigenvalue weighted by Gasteiger charge is 2.44. The minimum atomic E-state index is -0.960. The van der Waals surface area contributed by atoms with Gasteiger partial charge in [-0.1, -0.05) is 51.3 Å². The molecule has 7 nitrogen and oxygen atoms in total. The van der Waals surface area contributed by atoms with Crippen molar-refractivity contribution >= 4 is 23.6 Å². The molecule has 1 heterocycles. The molecule has 0 aromatic heterocycles. The Morgan fingerprint density at radius 3 is 2.37 bits per heavy atom. The number of nitriles is 3. The Kier molecular flexibility index (Phi) is 6.52. The Bertz CT molecular complexity index is 773. The lowest BCUT2D eigenvalue weighted by Crippen LogP contribution is -2.48. The van der Waals surface area contributed by atoms with Crippen LogP contribution in [0.3, 0.4) is 0 Å². The van der Waals surface area contributed by atoms with Crippen LogP contribution in [0.25, 0.3) is 0 Å². The monoisotopic (exact) mass is 385 g/mol. The molecule has 27 heavy (non-hydrogen) atoms. The van der Waals surface area contributed by atoms with Crippen LogP contribution in [-0.2, 0) is 9.59 Å². The summed E-state index contributed by atoms with van der Waals surface area (Å²) in [6.45, 7) is 3.35. The maximum absolute atomic E-state index is 12.4. The molecular weight excluding hydrogens is 362 g/mol. The summed E-state index contributed by atoms with van der Waals surface area (Å²) in [7, 11) is 0. The second kappa shape index (κ2) is 8.46. The van der Waals surface area contributed by atoms with E-state index >= 15 is 0 Å². The predicted octanol–water partition coefficient (Wildman–Crippen LogP) is 2.48. The molecule has 1 aliphatic heterocycles. The maximum Gasteiger partial charge on any atom is 0.243 e. The van der Waals surface area contributed by atoms with Crippen LogP contribution in [0.2, 0.25) is 0 Å². The van der Waals surface area contributed by atoms with E-state index in [0.717, 1.165) is 37.4 Å². The van der Waals surface area contributed by atoms with Gasteiger partial charge in [-0.25, -0.2) is 0 Å². The van der Waals surface area contributed by atoms with Crippen molar-refractivity contribution in [2.24, 2.45) is 11.3 Å². The van der Waals surface area contributed by atoms with E-state index in [9.17, 15) is 25.4 Å². The molecule has 1 saturated carbocycles. The van der Waals surface area contributed by atoms with Crippen LogP contribution in [-0.4, -0.2) is 23.1 Å². The number of hydrogen-bond acceptors (Lipinski definition) is 6. The quantitative estimate of drug-likeness (QED) is 0.715. The van der Waals surface area contributed by atoms with Crippen LogP contribution in [0.1, 0.15) is 52.4 Å². The largest absolute Gasteiger partial charge is 0.337 e. The zero-order valence-corrected chi connectivity index (χ0v) is 16.4. The third kappa shape index (κ3) is 4.43. The summed E-state index contributed by atoms with van der Waals surface area (Å²) < 4.78 is 0. The topological polar surface area (TPSA) is 130 Å². The SMILES string of the molecule is CC1(C)C(C#N)=C(SCC(=O)NC2(C#N)CCCCCC2)NC(=O)[C@H]1C#N. The van der Waals surface area contributed by atoms with E-state index in [2.05, 4.69) is 22.8 Å². The number of thioether (sulfide) groups is 1. The van der Waals surface area contributed by atoms with E-state index in [1.807, 2.05) is 6.07 Å². The Labute approximate surface area is 163 Å². The molecule has 142 valence electrons. The molecule has 1 atom stereocenters. The Hall–Kier alpha value is -2.50. The zero-order chi connectivity index (χ0) is 20.1. The van der Waals surface area contributed by atoms with E-state index < -0.39 is 22.8 Å². The molecule has 2 amide bonds. The number of hydrogen-bond donors (Lipinski definition) is 2. The number of amides is 2. The summed E-state index contributed by atoms with van der Waals surface area (Å²) in [4.78, 5) is 24.6. The van der Waals surface area contributed by atoms with Gasteiger partial charge in [0.2, 0.25) is 11.8 Å². The van der Waals surface area contributed by atoms with Gasteiger partial charge in [-0.15, -0.1) is 0 Å². The van der Waals surface area contributed by atoms with Crippen molar-refractivity contribution < 1.29 is 9.59 Å². The predicted molar refractivity (Wildman–Crippen MR) is 100 cm³/mol.